The molecule has 10 heteroatoms. The van der Waals surface area contributed by atoms with Crippen molar-refractivity contribution in [2.45, 2.75) is 19.6 Å². The number of carboxylic acids is 1. The Morgan fingerprint density at radius 1 is 0.922 bits per heavy atom. The number of nitrogens with one attached hydrogen (secondary N) is 1. The zero-order valence-electron chi connectivity index (χ0n) is 27.8. The van der Waals surface area contributed by atoms with Gasteiger partial charge in [0.05, 0.1) is 17.4 Å². The van der Waals surface area contributed by atoms with Crippen LogP contribution in [-0.4, -0.2) is 44.6 Å². The molecule has 0 saturated carbocycles. The van der Waals surface area contributed by atoms with Gasteiger partial charge < -0.3 is 15.2 Å². The Bertz CT molecular complexity index is 2000. The van der Waals surface area contributed by atoms with Crippen LogP contribution in [0.25, 0.3) is 6.08 Å². The van der Waals surface area contributed by atoms with E-state index in [1.165, 1.54) is 23.1 Å². The summed E-state index contributed by atoms with van der Waals surface area (Å²) in [6.45, 7) is 5.60. The number of aromatic carboxylic acids is 1. The summed E-state index contributed by atoms with van der Waals surface area (Å²) in [5.74, 6) is -2.42. The van der Waals surface area contributed by atoms with Gasteiger partial charge in [0.2, 0.25) is 5.91 Å². The Morgan fingerprint density at radius 3 is 2.16 bits per heavy atom. The van der Waals surface area contributed by atoms with E-state index in [0.717, 1.165) is 28.5 Å². The number of thioether (sulfide) groups is 1. The van der Waals surface area contributed by atoms with Crippen LogP contribution < -0.4 is 10.1 Å². The van der Waals surface area contributed by atoms with Crippen LogP contribution in [0.4, 0.5) is 0 Å². The minimum absolute atomic E-state index is 0.0597. The van der Waals surface area contributed by atoms with Gasteiger partial charge in [0.15, 0.2) is 5.17 Å². The van der Waals surface area contributed by atoms with Crippen LogP contribution in [0.1, 0.15) is 45.6 Å². The van der Waals surface area contributed by atoms with E-state index in [4.69, 9.17) is 4.74 Å². The summed E-state index contributed by atoms with van der Waals surface area (Å²) in [6, 6.07) is 32.0. The largest absolute Gasteiger partial charge is 0.488 e. The van der Waals surface area contributed by atoms with Crippen LogP contribution in [0.15, 0.2) is 156 Å². The number of para-hydroxylation sites is 1. The number of aliphatic imine (C=N–C) groups is 1. The van der Waals surface area contributed by atoms with Gasteiger partial charge in [-0.15, -0.1) is 0 Å². The Labute approximate surface area is 300 Å². The number of carbonyl (C=O) groups excluding carboxylic acids is 3. The minimum Gasteiger partial charge on any atom is -0.488 e. The Morgan fingerprint density at radius 2 is 1.55 bits per heavy atom. The summed E-state index contributed by atoms with van der Waals surface area (Å²) in [6.07, 6.45) is 8.03. The summed E-state index contributed by atoms with van der Waals surface area (Å²) < 4.78 is 6.02. The van der Waals surface area contributed by atoms with Gasteiger partial charge >= 0.3 is 5.97 Å². The number of rotatable bonds is 13. The molecule has 3 amide bonds. The monoisotopic (exact) mass is 697 g/mol. The smallest absolute Gasteiger partial charge is 0.335 e. The first-order valence-electron chi connectivity index (χ1n) is 16.0. The molecule has 9 nitrogen and oxygen atoms in total. The normalized spacial score (nSPS) is 14.2. The zero-order chi connectivity index (χ0) is 36.2. The topological polar surface area (TPSA) is 125 Å². The molecule has 2 N–H and O–H groups in total. The molecule has 0 fully saturated rings. The molecule has 1 heterocycles. The summed E-state index contributed by atoms with van der Waals surface area (Å²) in [4.78, 5) is 57.8. The van der Waals surface area contributed by atoms with E-state index in [0.29, 0.717) is 17.0 Å². The van der Waals surface area contributed by atoms with Gasteiger partial charge in [-0.25, -0.2) is 4.79 Å². The minimum atomic E-state index is -1.02. The van der Waals surface area contributed by atoms with Crippen LogP contribution in [-0.2, 0) is 21.0 Å². The van der Waals surface area contributed by atoms with E-state index < -0.39 is 23.8 Å². The first kappa shape index (κ1) is 36.0. The van der Waals surface area contributed by atoms with E-state index in [1.54, 1.807) is 67.6 Å². The van der Waals surface area contributed by atoms with E-state index in [2.05, 4.69) is 16.9 Å². The molecule has 1 aliphatic rings. The number of amides is 3. The predicted octanol–water partition coefficient (Wildman–Crippen LogP) is 7.36. The second kappa shape index (κ2) is 17.4. The summed E-state index contributed by atoms with van der Waals surface area (Å²) >= 11 is 0.984. The number of hydrogen-bond acceptors (Lipinski definition) is 6. The van der Waals surface area contributed by atoms with Crippen molar-refractivity contribution in [2.75, 3.05) is 5.75 Å². The van der Waals surface area contributed by atoms with Crippen molar-refractivity contribution in [1.82, 2.24) is 10.2 Å². The molecule has 0 aliphatic carbocycles. The summed E-state index contributed by atoms with van der Waals surface area (Å²) in [7, 11) is 0. The highest BCUT2D eigenvalue weighted by molar-refractivity contribution is 8.14. The summed E-state index contributed by atoms with van der Waals surface area (Å²) in [5, 5.41) is 12.3. The lowest BCUT2D eigenvalue weighted by Gasteiger charge is -2.28. The molecule has 4 aromatic carbocycles. The second-order valence-corrected chi connectivity index (χ2v) is 12.1. The quantitative estimate of drug-likeness (QED) is 0.0850. The highest BCUT2D eigenvalue weighted by Crippen LogP contribution is 2.29. The molecule has 0 unspecified atom stereocenters. The number of ether oxygens (including phenoxy) is 1. The van der Waals surface area contributed by atoms with E-state index in [1.807, 2.05) is 60.7 Å². The third-order valence-corrected chi connectivity index (χ3v) is 8.67. The van der Waals surface area contributed by atoms with Crippen molar-refractivity contribution in [2.24, 2.45) is 4.99 Å². The average Bonchev–Trinajstić information content (AvgIpc) is 3.16. The fraction of sp³-hybridized carbons (Fsp3) is 0.0976. The lowest BCUT2D eigenvalue weighted by Crippen LogP contribution is -2.42. The maximum Gasteiger partial charge on any atom is 0.335 e. The number of carbonyl (C=O) groups is 4. The standard InChI is InChI=1S/C41H35N3O6S/c1-3-5-19-33(4-2)44-39(47)34(25-32-18-12-13-20-35(32)50-26-28-21-23-31(24-22-28)40(48)49)38(46)43-41(44)51-27-36(45)42-37(29-14-8-6-9-15-29)30-16-10-7-11-17-30/h3-25,37H,1,26-27H2,2H3,(H,42,45)(H,48,49)/b19-5-,33-4+,34-25+. The van der Waals surface area contributed by atoms with Crippen molar-refractivity contribution in [1.29, 1.82) is 0 Å². The van der Waals surface area contributed by atoms with Gasteiger partial charge in [-0.2, -0.15) is 4.99 Å². The molecular formula is C41H35N3O6S. The van der Waals surface area contributed by atoms with E-state index in [-0.39, 0.29) is 34.6 Å². The fourth-order valence-electron chi connectivity index (χ4n) is 5.18. The van der Waals surface area contributed by atoms with Crippen LogP contribution in [0.3, 0.4) is 0 Å². The lowest BCUT2D eigenvalue weighted by molar-refractivity contribution is -0.126. The zero-order valence-corrected chi connectivity index (χ0v) is 28.6. The number of allylic oxidation sites excluding steroid dienone is 4. The predicted molar refractivity (Wildman–Crippen MR) is 200 cm³/mol. The molecule has 1 aliphatic heterocycles. The molecule has 0 spiro atoms. The van der Waals surface area contributed by atoms with Gasteiger partial charge in [-0.05, 0) is 54.0 Å². The van der Waals surface area contributed by atoms with Crippen molar-refractivity contribution < 1.29 is 29.0 Å². The van der Waals surface area contributed by atoms with Gasteiger partial charge in [-0.3, -0.25) is 19.3 Å². The van der Waals surface area contributed by atoms with Gasteiger partial charge in [0.25, 0.3) is 11.8 Å². The number of carboxylic acid groups (broad SMARTS) is 1. The molecular weight excluding hydrogens is 663 g/mol. The van der Waals surface area contributed by atoms with Gasteiger partial charge in [0.1, 0.15) is 17.9 Å². The first-order valence-corrected chi connectivity index (χ1v) is 17.0. The van der Waals surface area contributed by atoms with E-state index >= 15 is 0 Å². The number of amidine groups is 1. The SMILES string of the molecule is C=C/C=C\C(=C/C)N1C(=O)/C(=C/c2ccccc2OCc2ccc(C(=O)O)cc2)C(=O)N=C1SCC(=O)NC(c1ccccc1)c1ccccc1. The Hall–Kier alpha value is -6.26. The average molecular weight is 698 g/mol. The van der Waals surface area contributed by atoms with Gasteiger partial charge in [-0.1, -0.05) is 128 Å². The maximum atomic E-state index is 14.1. The molecule has 51 heavy (non-hydrogen) atoms. The lowest BCUT2D eigenvalue weighted by atomic mass is 9.99. The van der Waals surface area contributed by atoms with E-state index in [9.17, 15) is 24.3 Å². The van der Waals surface area contributed by atoms with Crippen LogP contribution in [0, 0.1) is 0 Å². The fourth-order valence-corrected chi connectivity index (χ4v) is 5.99. The molecule has 0 saturated heterocycles. The molecule has 0 radical (unpaired) electrons. The molecule has 0 aromatic heterocycles. The number of hydrogen-bond donors (Lipinski definition) is 2. The third-order valence-electron chi connectivity index (χ3n) is 7.73. The van der Waals surface area contributed by atoms with Gasteiger partial charge in [0, 0.05) is 11.3 Å². The van der Waals surface area contributed by atoms with Crippen LogP contribution in [0.5, 0.6) is 5.75 Å². The van der Waals surface area contributed by atoms with Crippen LogP contribution in [0.2, 0.25) is 0 Å². The Balaban J connectivity index is 1.39. The maximum absolute atomic E-state index is 14.1. The molecule has 0 bridgehead atoms. The molecule has 256 valence electrons. The van der Waals surface area contributed by atoms with Crippen molar-refractivity contribution >= 4 is 46.7 Å². The number of nitrogens with zero attached hydrogens (tertiary/aromatic N) is 2. The highest BCUT2D eigenvalue weighted by atomic mass is 32.2. The molecule has 0 atom stereocenters. The third kappa shape index (κ3) is 9.26. The Kier molecular flexibility index (Phi) is 12.3. The number of benzene rings is 4. The highest BCUT2D eigenvalue weighted by Gasteiger charge is 2.35. The molecule has 5 rings (SSSR count). The second-order valence-electron chi connectivity index (χ2n) is 11.1. The van der Waals surface area contributed by atoms with Crippen molar-refractivity contribution in [3.63, 3.8) is 0 Å². The molecule has 4 aromatic rings. The van der Waals surface area contributed by atoms with Crippen molar-refractivity contribution in [3.8, 4) is 5.75 Å². The van der Waals surface area contributed by atoms with Crippen molar-refractivity contribution in [3.05, 3.63) is 179 Å². The van der Waals surface area contributed by atoms with Crippen LogP contribution >= 0.6 is 11.8 Å². The summed E-state index contributed by atoms with van der Waals surface area (Å²) in [5.41, 5.74) is 3.43. The first-order chi connectivity index (χ1) is 24.8.